The van der Waals surface area contributed by atoms with Crippen LogP contribution in [0.3, 0.4) is 0 Å². The fourth-order valence-electron chi connectivity index (χ4n) is 3.72. The van der Waals surface area contributed by atoms with E-state index in [1.54, 1.807) is 41.8 Å². The number of rotatable bonds is 4. The SMILES string of the molecule is O=C(Nc1ccc(-c2nc3ccccc3o2)cc1)c1cc2nc(-c3cccs3)cc(C(F)(F)F)n2n1. The van der Waals surface area contributed by atoms with E-state index >= 15 is 0 Å². The van der Waals surface area contributed by atoms with Gasteiger partial charge in [-0.2, -0.15) is 18.3 Å². The van der Waals surface area contributed by atoms with Crippen LogP contribution in [0.5, 0.6) is 0 Å². The van der Waals surface area contributed by atoms with E-state index in [0.29, 0.717) is 32.1 Å². The lowest BCUT2D eigenvalue weighted by Gasteiger charge is -2.10. The second kappa shape index (κ2) is 8.31. The van der Waals surface area contributed by atoms with E-state index in [0.717, 1.165) is 11.6 Å². The minimum Gasteiger partial charge on any atom is -0.436 e. The van der Waals surface area contributed by atoms with Crippen LogP contribution in [0, 0.1) is 0 Å². The Morgan fingerprint density at radius 3 is 2.50 bits per heavy atom. The van der Waals surface area contributed by atoms with Crippen LogP contribution < -0.4 is 5.32 Å². The molecule has 4 aromatic heterocycles. The van der Waals surface area contributed by atoms with Gasteiger partial charge in [0, 0.05) is 17.3 Å². The predicted molar refractivity (Wildman–Crippen MR) is 129 cm³/mol. The monoisotopic (exact) mass is 505 g/mol. The zero-order valence-corrected chi connectivity index (χ0v) is 19.0. The van der Waals surface area contributed by atoms with Gasteiger partial charge in [0.25, 0.3) is 5.91 Å². The minimum absolute atomic E-state index is 0.0790. The fraction of sp³-hybridized carbons (Fsp3) is 0.0400. The number of para-hydroxylation sites is 2. The molecule has 2 aromatic carbocycles. The summed E-state index contributed by atoms with van der Waals surface area (Å²) >= 11 is 1.27. The Hall–Kier alpha value is -4.51. The molecule has 11 heteroatoms. The van der Waals surface area contributed by atoms with Gasteiger partial charge >= 0.3 is 6.18 Å². The third kappa shape index (κ3) is 3.99. The molecule has 36 heavy (non-hydrogen) atoms. The molecule has 0 saturated carbocycles. The summed E-state index contributed by atoms with van der Waals surface area (Å²) < 4.78 is 47.6. The largest absolute Gasteiger partial charge is 0.436 e. The maximum absolute atomic E-state index is 13.7. The molecule has 0 radical (unpaired) electrons. The standard InChI is InChI=1S/C25H14F3N5O2S/c26-25(27,28)21-12-17(20-6-3-11-36-20)30-22-13-18(32-33(21)22)23(34)29-15-9-7-14(8-10-15)24-31-16-4-1-2-5-19(16)35-24/h1-13H,(H,29,34). The van der Waals surface area contributed by atoms with Gasteiger partial charge in [-0.1, -0.05) is 18.2 Å². The number of aromatic nitrogens is 4. The zero-order valence-electron chi connectivity index (χ0n) is 18.2. The minimum atomic E-state index is -4.69. The number of carbonyl (C=O) groups is 1. The first-order valence-corrected chi connectivity index (χ1v) is 11.5. The lowest BCUT2D eigenvalue weighted by molar-refractivity contribution is -0.142. The lowest BCUT2D eigenvalue weighted by atomic mass is 10.2. The van der Waals surface area contributed by atoms with Gasteiger partial charge in [0.1, 0.15) is 5.52 Å². The molecule has 0 aliphatic carbocycles. The fourth-order valence-corrected chi connectivity index (χ4v) is 4.41. The molecule has 4 heterocycles. The van der Waals surface area contributed by atoms with E-state index in [1.807, 2.05) is 24.3 Å². The van der Waals surface area contributed by atoms with Crippen molar-refractivity contribution in [2.24, 2.45) is 0 Å². The number of nitrogens with one attached hydrogen (secondary N) is 1. The number of amides is 1. The summed E-state index contributed by atoms with van der Waals surface area (Å²) in [6.07, 6.45) is -4.69. The summed E-state index contributed by atoms with van der Waals surface area (Å²) in [7, 11) is 0. The predicted octanol–water partition coefficient (Wildman–Crippen LogP) is 6.54. The highest BCUT2D eigenvalue weighted by Crippen LogP contribution is 2.33. The number of benzene rings is 2. The Labute approximate surface area is 204 Å². The maximum atomic E-state index is 13.7. The van der Waals surface area contributed by atoms with E-state index in [2.05, 4.69) is 20.4 Å². The molecule has 0 saturated heterocycles. The summed E-state index contributed by atoms with van der Waals surface area (Å²) in [6.45, 7) is 0. The van der Waals surface area contributed by atoms with Crippen LogP contribution in [0.25, 0.3) is 38.8 Å². The van der Waals surface area contributed by atoms with Crippen molar-refractivity contribution in [3.8, 4) is 22.0 Å². The Morgan fingerprint density at radius 1 is 0.972 bits per heavy atom. The number of halogens is 3. The van der Waals surface area contributed by atoms with Crippen molar-refractivity contribution in [2.75, 3.05) is 5.32 Å². The lowest BCUT2D eigenvalue weighted by Crippen LogP contribution is -2.15. The van der Waals surface area contributed by atoms with Crippen molar-refractivity contribution in [2.45, 2.75) is 6.18 Å². The summed E-state index contributed by atoms with van der Waals surface area (Å²) in [5.74, 6) is -0.234. The van der Waals surface area contributed by atoms with E-state index < -0.39 is 17.8 Å². The van der Waals surface area contributed by atoms with Gasteiger partial charge in [0.2, 0.25) is 5.89 Å². The van der Waals surface area contributed by atoms with Crippen LogP contribution in [0.1, 0.15) is 16.2 Å². The van der Waals surface area contributed by atoms with Gasteiger partial charge in [-0.05, 0) is 53.9 Å². The van der Waals surface area contributed by atoms with Crippen LogP contribution in [-0.4, -0.2) is 25.5 Å². The zero-order chi connectivity index (χ0) is 24.9. The second-order valence-electron chi connectivity index (χ2n) is 7.82. The van der Waals surface area contributed by atoms with Crippen molar-refractivity contribution in [3.63, 3.8) is 0 Å². The molecule has 1 N–H and O–H groups in total. The Kier molecular flexibility index (Phi) is 5.07. The van der Waals surface area contributed by atoms with Gasteiger partial charge in [-0.15, -0.1) is 11.3 Å². The van der Waals surface area contributed by atoms with Gasteiger partial charge in [-0.3, -0.25) is 4.79 Å². The van der Waals surface area contributed by atoms with Crippen LogP contribution in [-0.2, 0) is 6.18 Å². The number of fused-ring (bicyclic) bond motifs is 2. The molecule has 0 atom stereocenters. The van der Waals surface area contributed by atoms with Gasteiger partial charge in [0.05, 0.1) is 10.6 Å². The first kappa shape index (κ1) is 22.0. The highest BCUT2D eigenvalue weighted by Gasteiger charge is 2.35. The Balaban J connectivity index is 1.28. The smallest absolute Gasteiger partial charge is 0.433 e. The molecular formula is C25H14F3N5O2S. The van der Waals surface area contributed by atoms with Crippen molar-refractivity contribution in [3.05, 3.63) is 89.6 Å². The number of oxazole rings is 1. The summed E-state index contributed by atoms with van der Waals surface area (Å²) in [5.41, 5.74) is 1.39. The Bertz CT molecular complexity index is 1690. The van der Waals surface area contributed by atoms with E-state index in [4.69, 9.17) is 4.42 Å². The number of thiophene rings is 1. The molecule has 0 aliphatic heterocycles. The highest BCUT2D eigenvalue weighted by atomic mass is 32.1. The van der Waals surface area contributed by atoms with Crippen molar-refractivity contribution < 1.29 is 22.4 Å². The quantitative estimate of drug-likeness (QED) is 0.294. The third-order valence-corrected chi connectivity index (χ3v) is 6.30. The summed E-state index contributed by atoms with van der Waals surface area (Å²) in [5, 5.41) is 8.29. The third-order valence-electron chi connectivity index (χ3n) is 5.41. The average molecular weight is 505 g/mol. The number of hydrogen-bond donors (Lipinski definition) is 1. The van der Waals surface area contributed by atoms with Crippen molar-refractivity contribution >= 4 is 39.7 Å². The highest BCUT2D eigenvalue weighted by molar-refractivity contribution is 7.13. The molecule has 7 nitrogen and oxygen atoms in total. The number of anilines is 1. The summed E-state index contributed by atoms with van der Waals surface area (Å²) in [6, 6.07) is 19.7. The molecule has 0 aliphatic rings. The molecule has 178 valence electrons. The maximum Gasteiger partial charge on any atom is 0.433 e. The van der Waals surface area contributed by atoms with Gasteiger partial charge < -0.3 is 9.73 Å². The first-order chi connectivity index (χ1) is 17.3. The molecule has 0 fully saturated rings. The summed E-state index contributed by atoms with van der Waals surface area (Å²) in [4.78, 5) is 22.1. The van der Waals surface area contributed by atoms with Crippen LogP contribution in [0.15, 0.2) is 82.6 Å². The number of nitrogens with zero attached hydrogens (tertiary/aromatic N) is 4. The number of carbonyl (C=O) groups excluding carboxylic acids is 1. The molecule has 0 spiro atoms. The molecular weight excluding hydrogens is 491 g/mol. The molecule has 0 unspecified atom stereocenters. The molecule has 0 bridgehead atoms. The van der Waals surface area contributed by atoms with Gasteiger partial charge in [-0.25, -0.2) is 14.5 Å². The molecule has 1 amide bonds. The van der Waals surface area contributed by atoms with Crippen LogP contribution in [0.4, 0.5) is 18.9 Å². The molecule has 6 rings (SSSR count). The van der Waals surface area contributed by atoms with Crippen LogP contribution >= 0.6 is 11.3 Å². The van der Waals surface area contributed by atoms with Gasteiger partial charge in [0.15, 0.2) is 22.6 Å². The topological polar surface area (TPSA) is 85.3 Å². The Morgan fingerprint density at radius 2 is 1.78 bits per heavy atom. The van der Waals surface area contributed by atoms with Crippen molar-refractivity contribution in [1.82, 2.24) is 19.6 Å². The van der Waals surface area contributed by atoms with E-state index in [9.17, 15) is 18.0 Å². The number of hydrogen-bond acceptors (Lipinski definition) is 6. The first-order valence-electron chi connectivity index (χ1n) is 10.6. The molecule has 6 aromatic rings. The average Bonchev–Trinajstić information content (AvgIpc) is 3.62. The van der Waals surface area contributed by atoms with Crippen LogP contribution in [0.2, 0.25) is 0 Å². The van der Waals surface area contributed by atoms with E-state index in [1.165, 1.54) is 17.4 Å². The second-order valence-corrected chi connectivity index (χ2v) is 8.77. The normalized spacial score (nSPS) is 11.9. The number of alkyl halides is 3. The van der Waals surface area contributed by atoms with E-state index in [-0.39, 0.29) is 17.0 Å². The van der Waals surface area contributed by atoms with Crippen molar-refractivity contribution in [1.29, 1.82) is 0 Å².